The average Bonchev–Trinajstić information content (AvgIpc) is 3.06. The van der Waals surface area contributed by atoms with Crippen LogP contribution in [0.4, 0.5) is 0 Å². The van der Waals surface area contributed by atoms with Crippen molar-refractivity contribution in [3.63, 3.8) is 0 Å². The zero-order chi connectivity index (χ0) is 17.8. The summed E-state index contributed by atoms with van der Waals surface area (Å²) in [6, 6.07) is 11.0. The van der Waals surface area contributed by atoms with E-state index in [0.717, 1.165) is 17.0 Å². The molecule has 3 unspecified atom stereocenters. The van der Waals surface area contributed by atoms with Crippen LogP contribution in [0.2, 0.25) is 5.02 Å². The highest BCUT2D eigenvalue weighted by atomic mass is 35.5. The Kier molecular flexibility index (Phi) is 4.75. The summed E-state index contributed by atoms with van der Waals surface area (Å²) in [5.41, 5.74) is 4.87. The van der Waals surface area contributed by atoms with Gasteiger partial charge < -0.3 is 9.67 Å². The Morgan fingerprint density at radius 2 is 2.00 bits per heavy atom. The molecule has 5 heteroatoms. The van der Waals surface area contributed by atoms with E-state index in [1.165, 1.54) is 35.0 Å². The minimum Gasteiger partial charge on any atom is -0.387 e. The van der Waals surface area contributed by atoms with Crippen molar-refractivity contribution in [1.82, 2.24) is 14.5 Å². The molecule has 3 atom stereocenters. The smallest absolute Gasteiger partial charge is 0.0970 e. The monoisotopic (exact) mass is 383 g/mol. The summed E-state index contributed by atoms with van der Waals surface area (Å²) in [5.74, 6) is 0. The van der Waals surface area contributed by atoms with E-state index >= 15 is 0 Å². The van der Waals surface area contributed by atoms with Gasteiger partial charge in [-0.15, -0.1) is 0 Å². The molecule has 0 spiro atoms. The molecule has 1 fully saturated rings. The van der Waals surface area contributed by atoms with Gasteiger partial charge in [0, 0.05) is 52.5 Å². The van der Waals surface area contributed by atoms with Crippen molar-refractivity contribution >= 4 is 22.5 Å². The van der Waals surface area contributed by atoms with Crippen molar-refractivity contribution in [3.05, 3.63) is 64.6 Å². The fourth-order valence-electron chi connectivity index (χ4n) is 4.90. The predicted molar refractivity (Wildman–Crippen MR) is 110 cm³/mol. The van der Waals surface area contributed by atoms with Gasteiger partial charge in [-0.1, -0.05) is 19.0 Å². The molecule has 5 rings (SSSR count). The SMILES string of the molecule is C.CN1C2CCC1c1c(n(CC(O)c3ccncc3)c3ccc(Cl)cc13)C2. The molecule has 4 heterocycles. The van der Waals surface area contributed by atoms with Crippen LogP contribution in [0.5, 0.6) is 0 Å². The number of fused-ring (bicyclic) bond motifs is 6. The molecule has 2 aliphatic rings. The fraction of sp³-hybridized carbons (Fsp3) is 0.409. The third-order valence-corrected chi connectivity index (χ3v) is 6.46. The van der Waals surface area contributed by atoms with E-state index in [1.807, 2.05) is 18.2 Å². The number of nitrogens with zero attached hydrogens (tertiary/aromatic N) is 3. The van der Waals surface area contributed by atoms with Crippen LogP contribution in [0.1, 0.15) is 49.2 Å². The molecule has 1 saturated heterocycles. The van der Waals surface area contributed by atoms with Crippen LogP contribution < -0.4 is 0 Å². The molecule has 0 saturated carbocycles. The van der Waals surface area contributed by atoms with Crippen LogP contribution in [0.3, 0.4) is 0 Å². The maximum absolute atomic E-state index is 10.8. The minimum atomic E-state index is -0.550. The first-order valence-electron chi connectivity index (χ1n) is 9.24. The number of likely N-dealkylation sites (N-methyl/N-ethyl adjacent to an activating group) is 1. The number of aliphatic hydroxyl groups excluding tert-OH is 1. The van der Waals surface area contributed by atoms with Gasteiger partial charge in [-0.05, 0) is 61.3 Å². The highest BCUT2D eigenvalue weighted by molar-refractivity contribution is 6.31. The highest BCUT2D eigenvalue weighted by Crippen LogP contribution is 2.47. The summed E-state index contributed by atoms with van der Waals surface area (Å²) >= 11 is 6.33. The van der Waals surface area contributed by atoms with Gasteiger partial charge >= 0.3 is 0 Å². The van der Waals surface area contributed by atoms with Gasteiger partial charge in [-0.25, -0.2) is 0 Å². The zero-order valence-corrected chi connectivity index (χ0v) is 15.5. The van der Waals surface area contributed by atoms with Gasteiger partial charge in [-0.3, -0.25) is 9.88 Å². The molecule has 1 N–H and O–H groups in total. The average molecular weight is 384 g/mol. The van der Waals surface area contributed by atoms with Crippen molar-refractivity contribution in [2.75, 3.05) is 7.05 Å². The Hall–Kier alpha value is -1.88. The summed E-state index contributed by atoms with van der Waals surface area (Å²) in [7, 11) is 2.24. The number of hydrogen-bond acceptors (Lipinski definition) is 3. The summed E-state index contributed by atoms with van der Waals surface area (Å²) in [6.07, 6.45) is 6.40. The second-order valence-electron chi connectivity index (χ2n) is 7.55. The van der Waals surface area contributed by atoms with E-state index in [2.05, 4.69) is 33.6 Å². The normalized spacial score (nSPS) is 22.5. The number of benzene rings is 1. The zero-order valence-electron chi connectivity index (χ0n) is 14.8. The Labute approximate surface area is 165 Å². The van der Waals surface area contributed by atoms with Crippen LogP contribution in [0.25, 0.3) is 10.9 Å². The van der Waals surface area contributed by atoms with Crippen molar-refractivity contribution in [2.45, 2.75) is 51.4 Å². The van der Waals surface area contributed by atoms with Crippen LogP contribution >= 0.6 is 11.6 Å². The van der Waals surface area contributed by atoms with Crippen LogP contribution in [0.15, 0.2) is 42.7 Å². The lowest BCUT2D eigenvalue weighted by Crippen LogP contribution is -2.34. The van der Waals surface area contributed by atoms with Gasteiger partial charge in [0.15, 0.2) is 0 Å². The Morgan fingerprint density at radius 1 is 1.22 bits per heavy atom. The standard InChI is InChI=1S/C21H22ClN3O.CH4/c1-24-15-3-5-18(24)21-16-10-14(22)2-4-17(16)25(19(21)11-15)12-20(26)13-6-8-23-9-7-13;/h2,4,6-10,15,18,20,26H,3,5,11-12H2,1H3;1H4. The second-order valence-corrected chi connectivity index (χ2v) is 7.98. The van der Waals surface area contributed by atoms with Gasteiger partial charge in [0.05, 0.1) is 12.6 Å². The van der Waals surface area contributed by atoms with E-state index in [0.29, 0.717) is 18.6 Å². The molecule has 0 amide bonds. The number of pyridine rings is 1. The quantitative estimate of drug-likeness (QED) is 0.709. The first-order chi connectivity index (χ1) is 12.6. The lowest BCUT2D eigenvalue weighted by atomic mass is 9.97. The summed E-state index contributed by atoms with van der Waals surface area (Å²) in [4.78, 5) is 6.57. The van der Waals surface area contributed by atoms with Crippen molar-refractivity contribution in [1.29, 1.82) is 0 Å². The van der Waals surface area contributed by atoms with Crippen LogP contribution in [-0.2, 0) is 13.0 Å². The highest BCUT2D eigenvalue weighted by Gasteiger charge is 2.40. The van der Waals surface area contributed by atoms with E-state index in [-0.39, 0.29) is 7.43 Å². The van der Waals surface area contributed by atoms with Gasteiger partial charge in [0.1, 0.15) is 0 Å². The Bertz CT molecular complexity index is 969. The van der Waals surface area contributed by atoms with Crippen molar-refractivity contribution in [3.8, 4) is 0 Å². The molecule has 4 nitrogen and oxygen atoms in total. The topological polar surface area (TPSA) is 41.3 Å². The van der Waals surface area contributed by atoms with E-state index in [4.69, 9.17) is 11.6 Å². The van der Waals surface area contributed by atoms with Gasteiger partial charge in [0.25, 0.3) is 0 Å². The minimum absolute atomic E-state index is 0. The third-order valence-electron chi connectivity index (χ3n) is 6.23. The summed E-state index contributed by atoms with van der Waals surface area (Å²) < 4.78 is 2.32. The van der Waals surface area contributed by atoms with Crippen molar-refractivity contribution in [2.24, 2.45) is 0 Å². The molecular weight excluding hydrogens is 358 g/mol. The van der Waals surface area contributed by atoms with E-state index < -0.39 is 6.10 Å². The van der Waals surface area contributed by atoms with Crippen LogP contribution in [0, 0.1) is 0 Å². The number of aliphatic hydroxyl groups is 1. The maximum Gasteiger partial charge on any atom is 0.0970 e. The van der Waals surface area contributed by atoms with E-state index in [9.17, 15) is 5.11 Å². The molecule has 3 aromatic rings. The van der Waals surface area contributed by atoms with Gasteiger partial charge in [0.2, 0.25) is 0 Å². The molecule has 27 heavy (non-hydrogen) atoms. The lowest BCUT2D eigenvalue weighted by molar-refractivity contribution is 0.154. The molecule has 142 valence electrons. The number of hydrogen-bond donors (Lipinski definition) is 1. The molecule has 1 aromatic carbocycles. The third kappa shape index (κ3) is 2.87. The number of rotatable bonds is 3. The van der Waals surface area contributed by atoms with Gasteiger partial charge in [-0.2, -0.15) is 0 Å². The molecular formula is C22H26ClN3O. The summed E-state index contributed by atoms with van der Waals surface area (Å²) in [6.45, 7) is 0.556. The number of halogens is 1. The Morgan fingerprint density at radius 3 is 2.78 bits per heavy atom. The summed E-state index contributed by atoms with van der Waals surface area (Å²) in [5, 5.41) is 12.8. The van der Waals surface area contributed by atoms with Crippen molar-refractivity contribution < 1.29 is 5.11 Å². The first-order valence-corrected chi connectivity index (χ1v) is 9.61. The second kappa shape index (κ2) is 6.93. The molecule has 2 aliphatic heterocycles. The number of aromatic nitrogens is 2. The molecule has 2 bridgehead atoms. The largest absolute Gasteiger partial charge is 0.387 e. The van der Waals surface area contributed by atoms with Crippen LogP contribution in [-0.4, -0.2) is 32.6 Å². The van der Waals surface area contributed by atoms with E-state index in [1.54, 1.807) is 12.4 Å². The maximum atomic E-state index is 10.8. The fourth-order valence-corrected chi connectivity index (χ4v) is 5.07. The molecule has 0 radical (unpaired) electrons. The predicted octanol–water partition coefficient (Wildman–Crippen LogP) is 4.75. The molecule has 2 aromatic heterocycles. The lowest BCUT2D eigenvalue weighted by Gasteiger charge is -2.32. The Balaban J connectivity index is 0.00000180. The molecule has 0 aliphatic carbocycles. The first kappa shape index (κ1) is 18.5.